The average Bonchev–Trinajstić information content (AvgIpc) is 2.51. The molecule has 1 aliphatic rings. The van der Waals surface area contributed by atoms with E-state index in [2.05, 4.69) is 14.9 Å². The van der Waals surface area contributed by atoms with Crippen LogP contribution in [0.2, 0.25) is 0 Å². The molecule has 5 heteroatoms. The predicted molar refractivity (Wildman–Crippen MR) is 79.6 cm³/mol. The van der Waals surface area contributed by atoms with Gasteiger partial charge in [-0.05, 0) is 6.92 Å². The Kier molecular flexibility index (Phi) is 3.52. The molecule has 0 spiro atoms. The van der Waals surface area contributed by atoms with E-state index in [-0.39, 0.29) is 0 Å². The lowest BCUT2D eigenvalue weighted by Gasteiger charge is -2.29. The second-order valence-electron chi connectivity index (χ2n) is 4.84. The lowest BCUT2D eigenvalue weighted by atomic mass is 10.2. The topological polar surface area (TPSA) is 64.3 Å². The van der Waals surface area contributed by atoms with E-state index in [1.165, 1.54) is 0 Å². The van der Waals surface area contributed by atoms with Gasteiger partial charge in [-0.15, -0.1) is 0 Å². The minimum absolute atomic E-state index is 0.659. The number of ether oxygens (including phenoxy) is 1. The number of aromatic nitrogens is 2. The number of hydrogen-bond donors (Lipinski definition) is 1. The molecule has 0 bridgehead atoms. The van der Waals surface area contributed by atoms with Gasteiger partial charge >= 0.3 is 0 Å². The normalized spacial score (nSPS) is 15.3. The summed E-state index contributed by atoms with van der Waals surface area (Å²) >= 11 is 0. The molecule has 2 N–H and O–H groups in total. The van der Waals surface area contributed by atoms with Gasteiger partial charge in [0.15, 0.2) is 11.6 Å². The molecule has 1 saturated heterocycles. The van der Waals surface area contributed by atoms with E-state index >= 15 is 0 Å². The van der Waals surface area contributed by atoms with E-state index < -0.39 is 0 Å². The third-order valence-electron chi connectivity index (χ3n) is 3.46. The standard InChI is InChI=1S/C15H18N4O/c1-11-13(16)15(19-7-9-20-10-8-19)18-14(17-11)12-5-3-2-4-6-12/h2-6H,7-10,16H2,1H3. The summed E-state index contributed by atoms with van der Waals surface area (Å²) in [6.07, 6.45) is 0. The number of anilines is 2. The van der Waals surface area contributed by atoms with E-state index in [1.807, 2.05) is 37.3 Å². The molecule has 0 amide bonds. The Bertz CT molecular complexity index is 594. The number of benzene rings is 1. The first-order chi connectivity index (χ1) is 9.75. The largest absolute Gasteiger partial charge is 0.394 e. The van der Waals surface area contributed by atoms with Crippen molar-refractivity contribution in [1.29, 1.82) is 0 Å². The van der Waals surface area contributed by atoms with Crippen molar-refractivity contribution in [2.45, 2.75) is 6.92 Å². The van der Waals surface area contributed by atoms with E-state index in [0.29, 0.717) is 18.9 Å². The van der Waals surface area contributed by atoms with Crippen LogP contribution in [0.5, 0.6) is 0 Å². The van der Waals surface area contributed by atoms with Crippen molar-refractivity contribution in [2.75, 3.05) is 36.9 Å². The van der Waals surface area contributed by atoms with E-state index in [4.69, 9.17) is 10.5 Å². The molecule has 1 aromatic carbocycles. The van der Waals surface area contributed by atoms with Crippen molar-refractivity contribution >= 4 is 11.5 Å². The second-order valence-corrected chi connectivity index (χ2v) is 4.84. The quantitative estimate of drug-likeness (QED) is 0.902. The lowest BCUT2D eigenvalue weighted by Crippen LogP contribution is -2.37. The fourth-order valence-corrected chi connectivity index (χ4v) is 2.30. The van der Waals surface area contributed by atoms with Gasteiger partial charge in [0, 0.05) is 18.7 Å². The summed E-state index contributed by atoms with van der Waals surface area (Å²) in [5.74, 6) is 1.54. The van der Waals surface area contributed by atoms with Crippen molar-refractivity contribution in [3.05, 3.63) is 36.0 Å². The van der Waals surface area contributed by atoms with Crippen LogP contribution < -0.4 is 10.6 Å². The number of morpholine rings is 1. The highest BCUT2D eigenvalue weighted by atomic mass is 16.5. The van der Waals surface area contributed by atoms with Crippen LogP contribution in [0.25, 0.3) is 11.4 Å². The molecule has 2 heterocycles. The minimum Gasteiger partial charge on any atom is -0.394 e. The Morgan fingerprint density at radius 3 is 2.50 bits per heavy atom. The zero-order chi connectivity index (χ0) is 13.9. The Morgan fingerprint density at radius 1 is 1.10 bits per heavy atom. The zero-order valence-electron chi connectivity index (χ0n) is 11.5. The number of nitrogens with two attached hydrogens (primary N) is 1. The molecule has 20 heavy (non-hydrogen) atoms. The van der Waals surface area contributed by atoms with Gasteiger partial charge in [0.25, 0.3) is 0 Å². The summed E-state index contributed by atoms with van der Waals surface area (Å²) in [5.41, 5.74) is 8.64. The van der Waals surface area contributed by atoms with Crippen LogP contribution in [-0.2, 0) is 4.74 Å². The van der Waals surface area contributed by atoms with Gasteiger partial charge in [0.05, 0.1) is 24.6 Å². The average molecular weight is 270 g/mol. The molecule has 2 aromatic rings. The Morgan fingerprint density at radius 2 is 1.80 bits per heavy atom. The van der Waals surface area contributed by atoms with Crippen LogP contribution in [0.4, 0.5) is 11.5 Å². The number of aryl methyl sites for hydroxylation is 1. The van der Waals surface area contributed by atoms with Gasteiger partial charge in [-0.1, -0.05) is 30.3 Å². The molecule has 0 aliphatic carbocycles. The molecule has 3 rings (SSSR count). The molecular weight excluding hydrogens is 252 g/mol. The summed E-state index contributed by atoms with van der Waals surface area (Å²) < 4.78 is 5.38. The van der Waals surface area contributed by atoms with Gasteiger partial charge in [0.1, 0.15) is 0 Å². The Hall–Kier alpha value is -2.14. The van der Waals surface area contributed by atoms with Crippen LogP contribution in [0.3, 0.4) is 0 Å². The Balaban J connectivity index is 2.03. The molecule has 1 aromatic heterocycles. The third-order valence-corrected chi connectivity index (χ3v) is 3.46. The molecule has 5 nitrogen and oxygen atoms in total. The van der Waals surface area contributed by atoms with Crippen LogP contribution in [0.1, 0.15) is 5.69 Å². The van der Waals surface area contributed by atoms with Gasteiger partial charge in [-0.25, -0.2) is 9.97 Å². The number of rotatable bonds is 2. The summed E-state index contributed by atoms with van der Waals surface area (Å²) in [6.45, 7) is 4.98. The number of nitrogen functional groups attached to an aromatic ring is 1. The molecule has 0 radical (unpaired) electrons. The van der Waals surface area contributed by atoms with E-state index in [0.717, 1.165) is 36.0 Å². The van der Waals surface area contributed by atoms with Crippen LogP contribution in [-0.4, -0.2) is 36.3 Å². The maximum atomic E-state index is 6.15. The van der Waals surface area contributed by atoms with Crippen LogP contribution >= 0.6 is 0 Å². The van der Waals surface area contributed by atoms with E-state index in [1.54, 1.807) is 0 Å². The van der Waals surface area contributed by atoms with Crippen molar-refractivity contribution in [3.8, 4) is 11.4 Å². The maximum Gasteiger partial charge on any atom is 0.161 e. The Labute approximate surface area is 118 Å². The summed E-state index contributed by atoms with van der Waals surface area (Å²) in [5, 5.41) is 0. The van der Waals surface area contributed by atoms with Crippen molar-refractivity contribution in [1.82, 2.24) is 9.97 Å². The molecule has 1 fully saturated rings. The van der Waals surface area contributed by atoms with Gasteiger partial charge in [-0.3, -0.25) is 0 Å². The van der Waals surface area contributed by atoms with Crippen molar-refractivity contribution < 1.29 is 4.74 Å². The van der Waals surface area contributed by atoms with Gasteiger partial charge in [-0.2, -0.15) is 0 Å². The highest BCUT2D eigenvalue weighted by molar-refractivity contribution is 5.69. The highest BCUT2D eigenvalue weighted by Gasteiger charge is 2.18. The first-order valence-corrected chi connectivity index (χ1v) is 6.78. The van der Waals surface area contributed by atoms with Gasteiger partial charge < -0.3 is 15.4 Å². The van der Waals surface area contributed by atoms with Crippen molar-refractivity contribution in [2.24, 2.45) is 0 Å². The van der Waals surface area contributed by atoms with E-state index in [9.17, 15) is 0 Å². The maximum absolute atomic E-state index is 6.15. The molecule has 1 aliphatic heterocycles. The number of nitrogens with zero attached hydrogens (tertiary/aromatic N) is 3. The monoisotopic (exact) mass is 270 g/mol. The first-order valence-electron chi connectivity index (χ1n) is 6.78. The molecule has 0 saturated carbocycles. The summed E-state index contributed by atoms with van der Waals surface area (Å²) in [7, 11) is 0. The second kappa shape index (κ2) is 5.46. The van der Waals surface area contributed by atoms with Crippen LogP contribution in [0, 0.1) is 6.92 Å². The zero-order valence-corrected chi connectivity index (χ0v) is 11.5. The SMILES string of the molecule is Cc1nc(-c2ccccc2)nc(N2CCOCC2)c1N. The summed E-state index contributed by atoms with van der Waals surface area (Å²) in [4.78, 5) is 11.3. The van der Waals surface area contributed by atoms with Gasteiger partial charge in [0.2, 0.25) is 0 Å². The molecule has 0 atom stereocenters. The summed E-state index contributed by atoms with van der Waals surface area (Å²) in [6, 6.07) is 9.97. The molecule has 104 valence electrons. The first kappa shape index (κ1) is 12.9. The third kappa shape index (κ3) is 2.44. The van der Waals surface area contributed by atoms with Crippen molar-refractivity contribution in [3.63, 3.8) is 0 Å². The molecular formula is C15H18N4O. The van der Waals surface area contributed by atoms with Crippen LogP contribution in [0.15, 0.2) is 30.3 Å². The smallest absolute Gasteiger partial charge is 0.161 e. The fourth-order valence-electron chi connectivity index (χ4n) is 2.30. The minimum atomic E-state index is 0.659. The molecule has 0 unspecified atom stereocenters. The highest BCUT2D eigenvalue weighted by Crippen LogP contribution is 2.27. The fraction of sp³-hybridized carbons (Fsp3) is 0.333. The lowest BCUT2D eigenvalue weighted by molar-refractivity contribution is 0.122. The predicted octanol–water partition coefficient (Wildman–Crippen LogP) is 1.87. The number of hydrogen-bond acceptors (Lipinski definition) is 5.